The van der Waals surface area contributed by atoms with Crippen LogP contribution >= 0.6 is 11.3 Å². The molecule has 2 N–H and O–H groups in total. The van der Waals surface area contributed by atoms with Gasteiger partial charge in [-0.25, -0.2) is 9.78 Å². The van der Waals surface area contributed by atoms with Gasteiger partial charge >= 0.3 is 6.03 Å². The Bertz CT molecular complexity index is 942. The maximum Gasteiger partial charge on any atom is 0.323 e. The molecule has 3 aliphatic rings. The minimum absolute atomic E-state index is 0.145. The Labute approximate surface area is 179 Å². The third kappa shape index (κ3) is 3.38. The number of amides is 2. The molecule has 1 aromatic carbocycles. The van der Waals surface area contributed by atoms with Crippen LogP contribution in [-0.4, -0.2) is 73.6 Å². The third-order valence-electron chi connectivity index (χ3n) is 6.87. The van der Waals surface area contributed by atoms with Crippen LogP contribution in [-0.2, 0) is 4.74 Å². The molecule has 1 saturated heterocycles. The molecular formula is C21H28N4O4S. The molecule has 2 heterocycles. The van der Waals surface area contributed by atoms with Gasteiger partial charge in [-0.1, -0.05) is 11.3 Å². The van der Waals surface area contributed by atoms with Crippen molar-refractivity contribution in [2.45, 2.75) is 31.4 Å². The molecule has 162 valence electrons. The minimum atomic E-state index is -0.196. The van der Waals surface area contributed by atoms with Gasteiger partial charge in [-0.15, -0.1) is 0 Å². The van der Waals surface area contributed by atoms with Crippen molar-refractivity contribution in [2.75, 3.05) is 50.7 Å². The van der Waals surface area contributed by atoms with E-state index in [2.05, 4.69) is 21.3 Å². The van der Waals surface area contributed by atoms with E-state index in [1.807, 2.05) is 13.1 Å². The van der Waals surface area contributed by atoms with Gasteiger partial charge in [-0.05, 0) is 43.2 Å². The summed E-state index contributed by atoms with van der Waals surface area (Å²) < 4.78 is 12.0. The Balaban J connectivity index is 1.37. The first kappa shape index (κ1) is 19.8. The third-order valence-corrected chi connectivity index (χ3v) is 7.86. The average molecular weight is 433 g/mol. The summed E-state index contributed by atoms with van der Waals surface area (Å²) >= 11 is 1.48. The van der Waals surface area contributed by atoms with Gasteiger partial charge in [0.2, 0.25) is 0 Å². The number of benzene rings is 1. The number of carbonyl (C=O) groups is 1. The van der Waals surface area contributed by atoms with Crippen molar-refractivity contribution in [1.29, 1.82) is 0 Å². The van der Waals surface area contributed by atoms with Crippen molar-refractivity contribution in [3.05, 3.63) is 12.1 Å². The fourth-order valence-electron chi connectivity index (χ4n) is 5.26. The van der Waals surface area contributed by atoms with Gasteiger partial charge in [-0.3, -0.25) is 5.32 Å². The summed E-state index contributed by atoms with van der Waals surface area (Å²) in [4.78, 5) is 21.7. The maximum absolute atomic E-state index is 12.9. The van der Waals surface area contributed by atoms with Crippen molar-refractivity contribution in [3.63, 3.8) is 0 Å². The molecule has 8 nitrogen and oxygen atoms in total. The molecule has 4 atom stereocenters. The average Bonchev–Trinajstić information content (AvgIpc) is 3.46. The van der Waals surface area contributed by atoms with Crippen LogP contribution in [0, 0.1) is 11.8 Å². The second-order valence-electron chi connectivity index (χ2n) is 8.49. The highest BCUT2D eigenvalue weighted by Crippen LogP contribution is 2.46. The molecule has 0 spiro atoms. The number of urea groups is 1. The predicted octanol–water partition coefficient (Wildman–Crippen LogP) is 2.76. The first-order valence-corrected chi connectivity index (χ1v) is 11.4. The van der Waals surface area contributed by atoms with E-state index in [1.165, 1.54) is 11.3 Å². The molecule has 30 heavy (non-hydrogen) atoms. The number of nitrogens with one attached hydrogen (secondary N) is 1. The number of hydrogen-bond acceptors (Lipinski definition) is 7. The van der Waals surface area contributed by atoms with Crippen LogP contribution in [0.5, 0.6) is 5.75 Å². The smallest absolute Gasteiger partial charge is 0.323 e. The van der Waals surface area contributed by atoms with Gasteiger partial charge < -0.3 is 24.4 Å². The van der Waals surface area contributed by atoms with Gasteiger partial charge in [0.15, 0.2) is 5.13 Å². The second kappa shape index (κ2) is 7.86. The fraction of sp³-hybridized carbons (Fsp3) is 0.619. The summed E-state index contributed by atoms with van der Waals surface area (Å²) in [6.07, 6.45) is 2.50. The highest BCUT2D eigenvalue weighted by atomic mass is 32.1. The lowest BCUT2D eigenvalue weighted by molar-refractivity contribution is 0.0834. The molecule has 2 saturated carbocycles. The number of methoxy groups -OCH3 is 1. The van der Waals surface area contributed by atoms with E-state index in [0.717, 1.165) is 48.3 Å². The standard InChI is InChI=1S/C21H28N4O4S/c1-24(15-10-13-9-12(15)11-16(13)26)21(27)23-20-22-18-17(28-2)4-3-14(19(18)30-20)25-5-7-29-8-6-25/h3-4,12-13,15-16,26H,5-11H2,1-2H3,(H,22,23,27)/t12-,13-,15-,16+/m1/s1. The lowest BCUT2D eigenvalue weighted by Crippen LogP contribution is -2.44. The largest absolute Gasteiger partial charge is 0.494 e. The van der Waals surface area contributed by atoms with Gasteiger partial charge in [0.05, 0.1) is 36.8 Å². The van der Waals surface area contributed by atoms with Gasteiger partial charge in [0.25, 0.3) is 0 Å². The first-order chi connectivity index (χ1) is 14.5. The van der Waals surface area contributed by atoms with Crippen LogP contribution in [0.15, 0.2) is 12.1 Å². The number of thiazole rings is 1. The van der Waals surface area contributed by atoms with Crippen LogP contribution in [0.3, 0.4) is 0 Å². The molecule has 2 aromatic rings. The van der Waals surface area contributed by atoms with E-state index in [9.17, 15) is 9.90 Å². The zero-order chi connectivity index (χ0) is 20.8. The van der Waals surface area contributed by atoms with Crippen LogP contribution in [0.1, 0.15) is 19.3 Å². The van der Waals surface area contributed by atoms with E-state index in [1.54, 1.807) is 12.0 Å². The van der Waals surface area contributed by atoms with E-state index >= 15 is 0 Å². The summed E-state index contributed by atoms with van der Waals surface area (Å²) in [6, 6.07) is 4.04. The molecule has 2 amide bonds. The van der Waals surface area contributed by atoms with Crippen LogP contribution in [0.2, 0.25) is 0 Å². The predicted molar refractivity (Wildman–Crippen MR) is 117 cm³/mol. The second-order valence-corrected chi connectivity index (χ2v) is 9.49. The number of hydrogen-bond donors (Lipinski definition) is 2. The molecule has 2 bridgehead atoms. The minimum Gasteiger partial charge on any atom is -0.494 e. The molecule has 0 unspecified atom stereocenters. The number of fused-ring (bicyclic) bond motifs is 3. The topological polar surface area (TPSA) is 87.2 Å². The first-order valence-electron chi connectivity index (χ1n) is 10.6. The SMILES string of the molecule is COc1ccc(N2CCOCC2)c2sc(NC(=O)N(C)[C@@H]3C[C@H]4C[C@@H]3C[C@@H]4O)nc12. The molecule has 5 rings (SSSR count). The van der Waals surface area contributed by atoms with Gasteiger partial charge in [0.1, 0.15) is 11.3 Å². The molecule has 3 fully saturated rings. The Kier molecular flexibility index (Phi) is 5.20. The van der Waals surface area contributed by atoms with Crippen molar-refractivity contribution in [3.8, 4) is 5.75 Å². The number of aliphatic hydroxyl groups is 1. The monoisotopic (exact) mass is 432 g/mol. The van der Waals surface area contributed by atoms with E-state index in [4.69, 9.17) is 9.47 Å². The van der Waals surface area contributed by atoms with E-state index in [-0.39, 0.29) is 18.2 Å². The Morgan fingerprint density at radius 1 is 1.30 bits per heavy atom. The zero-order valence-electron chi connectivity index (χ0n) is 17.3. The highest BCUT2D eigenvalue weighted by Gasteiger charge is 2.47. The summed E-state index contributed by atoms with van der Waals surface area (Å²) in [6.45, 7) is 3.08. The van der Waals surface area contributed by atoms with Gasteiger partial charge in [0, 0.05) is 26.2 Å². The van der Waals surface area contributed by atoms with Crippen LogP contribution < -0.4 is 15.0 Å². The van der Waals surface area contributed by atoms with Crippen molar-refractivity contribution in [2.24, 2.45) is 11.8 Å². The normalized spacial score (nSPS) is 28.2. The molecule has 9 heteroatoms. The number of morpholine rings is 1. The quantitative estimate of drug-likeness (QED) is 0.773. The van der Waals surface area contributed by atoms with E-state index in [0.29, 0.717) is 35.9 Å². The number of anilines is 2. The Morgan fingerprint density at radius 2 is 2.10 bits per heavy atom. The number of rotatable bonds is 4. The molecule has 2 aliphatic carbocycles. The van der Waals surface area contributed by atoms with Crippen molar-refractivity contribution in [1.82, 2.24) is 9.88 Å². The lowest BCUT2D eigenvalue weighted by atomic mass is 9.92. The number of nitrogens with zero attached hydrogens (tertiary/aromatic N) is 3. The summed E-state index contributed by atoms with van der Waals surface area (Å²) in [5, 5.41) is 13.6. The molecule has 1 aliphatic heterocycles. The molecule has 0 radical (unpaired) electrons. The Hall–Kier alpha value is -2.10. The van der Waals surface area contributed by atoms with Crippen LogP contribution in [0.4, 0.5) is 15.6 Å². The molecular weight excluding hydrogens is 404 g/mol. The van der Waals surface area contributed by atoms with Crippen LogP contribution in [0.25, 0.3) is 10.2 Å². The summed E-state index contributed by atoms with van der Waals surface area (Å²) in [5.74, 6) is 1.43. The van der Waals surface area contributed by atoms with Crippen molar-refractivity contribution < 1.29 is 19.4 Å². The highest BCUT2D eigenvalue weighted by molar-refractivity contribution is 7.23. The van der Waals surface area contributed by atoms with Gasteiger partial charge in [-0.2, -0.15) is 0 Å². The number of aliphatic hydroxyl groups excluding tert-OH is 1. The lowest BCUT2D eigenvalue weighted by Gasteiger charge is -2.32. The van der Waals surface area contributed by atoms with Crippen molar-refractivity contribution >= 4 is 38.4 Å². The molecule has 1 aromatic heterocycles. The fourth-order valence-corrected chi connectivity index (χ4v) is 6.27. The maximum atomic E-state index is 12.9. The number of carbonyl (C=O) groups excluding carboxylic acids is 1. The number of aromatic nitrogens is 1. The number of ether oxygens (including phenoxy) is 2. The van der Waals surface area contributed by atoms with E-state index < -0.39 is 0 Å². The summed E-state index contributed by atoms with van der Waals surface area (Å²) in [7, 11) is 3.48. The summed E-state index contributed by atoms with van der Waals surface area (Å²) in [5.41, 5.74) is 1.87. The zero-order valence-corrected chi connectivity index (χ0v) is 18.2. The Morgan fingerprint density at radius 3 is 2.77 bits per heavy atom.